The van der Waals surface area contributed by atoms with Crippen molar-refractivity contribution < 1.29 is 14.6 Å². The molecule has 1 N–H and O–H groups in total. The summed E-state index contributed by atoms with van der Waals surface area (Å²) < 4.78 is 6.76. The Bertz CT molecular complexity index is 1410. The quantitative estimate of drug-likeness (QED) is 0.482. The van der Waals surface area contributed by atoms with E-state index in [1.165, 1.54) is 16.7 Å². The molecule has 1 spiro atoms. The lowest BCUT2D eigenvalue weighted by atomic mass is 9.48. The molecule has 2 aliphatic heterocycles. The second-order valence-corrected chi connectivity index (χ2v) is 11.8. The zero-order valence-electron chi connectivity index (χ0n) is 22.5. The second kappa shape index (κ2) is 9.35. The predicted octanol–water partition coefficient (Wildman–Crippen LogP) is 4.62. The Kier molecular flexibility index (Phi) is 5.91. The zero-order valence-corrected chi connectivity index (χ0v) is 22.5. The van der Waals surface area contributed by atoms with Crippen LogP contribution in [-0.2, 0) is 23.1 Å². The topological polar surface area (TPSA) is 53.0 Å². The molecule has 3 aromatic rings. The number of rotatable bonds is 6. The third kappa shape index (κ3) is 3.70. The number of benzene rings is 3. The number of hydrogen-bond acceptors (Lipinski definition) is 4. The second-order valence-electron chi connectivity index (χ2n) is 11.8. The fourth-order valence-corrected chi connectivity index (χ4v) is 8.17. The number of nitrogens with zero attached hydrogens (tertiary/aromatic N) is 2. The van der Waals surface area contributed by atoms with E-state index in [1.807, 2.05) is 48.4 Å². The van der Waals surface area contributed by atoms with Gasteiger partial charge in [-0.25, -0.2) is 0 Å². The van der Waals surface area contributed by atoms with Gasteiger partial charge >= 0.3 is 0 Å². The molecule has 2 heterocycles. The maximum atomic E-state index is 13.4. The Balaban J connectivity index is 1.20. The fourth-order valence-electron chi connectivity index (χ4n) is 8.17. The van der Waals surface area contributed by atoms with Crippen LogP contribution in [0.3, 0.4) is 0 Å². The lowest BCUT2D eigenvalue weighted by Gasteiger charge is -2.64. The molecular formula is C34H36N2O3. The van der Waals surface area contributed by atoms with E-state index >= 15 is 0 Å². The van der Waals surface area contributed by atoms with E-state index in [0.29, 0.717) is 6.42 Å². The first-order valence-corrected chi connectivity index (χ1v) is 14.3. The third-order valence-electron chi connectivity index (χ3n) is 10.0. The number of carbonyl (C=O) groups excluding carboxylic acids is 1. The molecule has 200 valence electrons. The van der Waals surface area contributed by atoms with E-state index in [1.54, 1.807) is 6.08 Å². The highest BCUT2D eigenvalue weighted by atomic mass is 16.5. The van der Waals surface area contributed by atoms with Gasteiger partial charge in [-0.2, -0.15) is 0 Å². The van der Waals surface area contributed by atoms with Gasteiger partial charge in [-0.15, -0.1) is 0 Å². The minimum absolute atomic E-state index is 0.0295. The van der Waals surface area contributed by atoms with Gasteiger partial charge in [-0.05, 0) is 67.5 Å². The third-order valence-corrected chi connectivity index (χ3v) is 10.0. The minimum atomic E-state index is -0.882. The molecule has 3 aromatic carbocycles. The molecule has 0 unspecified atom stereocenters. The summed E-state index contributed by atoms with van der Waals surface area (Å²) in [6.45, 7) is 1.85. The Morgan fingerprint density at radius 3 is 2.62 bits per heavy atom. The molecule has 2 bridgehead atoms. The maximum absolute atomic E-state index is 13.4. The van der Waals surface area contributed by atoms with Crippen molar-refractivity contribution in [2.75, 3.05) is 20.1 Å². The summed E-state index contributed by atoms with van der Waals surface area (Å²) in [7, 11) is 1.89. The van der Waals surface area contributed by atoms with Crippen LogP contribution in [0.1, 0.15) is 41.5 Å². The van der Waals surface area contributed by atoms with Crippen molar-refractivity contribution in [1.82, 2.24) is 9.80 Å². The van der Waals surface area contributed by atoms with Gasteiger partial charge in [-0.1, -0.05) is 72.8 Å². The van der Waals surface area contributed by atoms with Gasteiger partial charge in [0.1, 0.15) is 11.9 Å². The minimum Gasteiger partial charge on any atom is -0.487 e. The van der Waals surface area contributed by atoms with Crippen molar-refractivity contribution >= 4 is 12.0 Å². The van der Waals surface area contributed by atoms with Crippen molar-refractivity contribution in [3.8, 4) is 5.75 Å². The van der Waals surface area contributed by atoms with E-state index < -0.39 is 11.0 Å². The number of likely N-dealkylation sites (tertiary alicyclic amines) is 1. The van der Waals surface area contributed by atoms with Crippen LogP contribution < -0.4 is 4.74 Å². The van der Waals surface area contributed by atoms with E-state index in [4.69, 9.17) is 4.74 Å². The molecule has 5 atom stereocenters. The van der Waals surface area contributed by atoms with Crippen LogP contribution in [-0.4, -0.2) is 64.7 Å². The summed E-state index contributed by atoms with van der Waals surface area (Å²) in [5.74, 6) is 0.873. The highest BCUT2D eigenvalue weighted by molar-refractivity contribution is 5.92. The molecule has 1 saturated heterocycles. The first-order chi connectivity index (χ1) is 19.0. The van der Waals surface area contributed by atoms with E-state index in [2.05, 4.69) is 53.4 Å². The van der Waals surface area contributed by atoms with Gasteiger partial charge in [0.05, 0.1) is 17.1 Å². The smallest absolute Gasteiger partial charge is 0.246 e. The Morgan fingerprint density at radius 2 is 1.82 bits per heavy atom. The molecule has 7 rings (SSSR count). The largest absolute Gasteiger partial charge is 0.487 e. The first kappa shape index (κ1) is 24.6. The molecule has 0 radical (unpaired) electrons. The molecule has 1 amide bonds. The van der Waals surface area contributed by atoms with Gasteiger partial charge in [0.15, 0.2) is 0 Å². The van der Waals surface area contributed by atoms with Crippen LogP contribution in [0.2, 0.25) is 0 Å². The average Bonchev–Trinajstić information content (AvgIpc) is 3.31. The zero-order chi connectivity index (χ0) is 26.6. The van der Waals surface area contributed by atoms with E-state index in [9.17, 15) is 9.90 Å². The van der Waals surface area contributed by atoms with Gasteiger partial charge in [0.2, 0.25) is 5.91 Å². The van der Waals surface area contributed by atoms with Crippen molar-refractivity contribution in [1.29, 1.82) is 0 Å². The van der Waals surface area contributed by atoms with Gasteiger partial charge in [0, 0.05) is 31.3 Å². The molecule has 39 heavy (non-hydrogen) atoms. The maximum Gasteiger partial charge on any atom is 0.246 e. The molecule has 4 aliphatic rings. The Labute approximate surface area is 230 Å². The van der Waals surface area contributed by atoms with Crippen molar-refractivity contribution in [2.45, 2.75) is 61.3 Å². The lowest BCUT2D eigenvalue weighted by Crippen LogP contribution is -2.78. The predicted molar refractivity (Wildman–Crippen MR) is 153 cm³/mol. The molecule has 2 fully saturated rings. The van der Waals surface area contributed by atoms with Crippen molar-refractivity contribution in [2.24, 2.45) is 0 Å². The Hall–Kier alpha value is -3.41. The van der Waals surface area contributed by atoms with E-state index in [-0.39, 0.29) is 24.1 Å². The van der Waals surface area contributed by atoms with Gasteiger partial charge in [-0.3, -0.25) is 9.69 Å². The number of amides is 1. The van der Waals surface area contributed by atoms with Crippen LogP contribution >= 0.6 is 0 Å². The number of likely N-dealkylation sites (N-methyl/N-ethyl adjacent to an activating group) is 1. The van der Waals surface area contributed by atoms with E-state index in [0.717, 1.165) is 50.1 Å². The van der Waals surface area contributed by atoms with Gasteiger partial charge < -0.3 is 14.7 Å². The average molecular weight is 521 g/mol. The summed E-state index contributed by atoms with van der Waals surface area (Å²) >= 11 is 0. The molecule has 5 heteroatoms. The van der Waals surface area contributed by atoms with Crippen LogP contribution in [0.4, 0.5) is 0 Å². The number of ether oxygens (including phenoxy) is 1. The highest BCUT2D eigenvalue weighted by Gasteiger charge is 2.72. The summed E-state index contributed by atoms with van der Waals surface area (Å²) in [4.78, 5) is 17.8. The van der Waals surface area contributed by atoms with Gasteiger partial charge in [0.25, 0.3) is 0 Å². The standard InChI is InChI=1S/C34H36N2O3/c1-35(30(37)16-15-24-9-4-2-5-10-24)27-17-19-34(38)29-23-26-13-8-14-28-31(26)33(34,32(27)39-28)20-22-36(29)21-18-25-11-6-3-7-12-25/h2-16,27,29,32,38H,17-23H2,1H3/t27-,29+,32-,33-,34+/m0/s1. The van der Waals surface area contributed by atoms with Crippen LogP contribution in [0, 0.1) is 0 Å². The molecule has 0 aromatic heterocycles. The van der Waals surface area contributed by atoms with Crippen molar-refractivity contribution in [3.63, 3.8) is 0 Å². The Morgan fingerprint density at radius 1 is 1.05 bits per heavy atom. The lowest BCUT2D eigenvalue weighted by molar-refractivity contribution is -0.199. The molecule has 2 aliphatic carbocycles. The number of piperidine rings is 1. The summed E-state index contributed by atoms with van der Waals surface area (Å²) in [6.07, 6.45) is 7.31. The van der Waals surface area contributed by atoms with Crippen LogP contribution in [0.5, 0.6) is 5.75 Å². The normalized spacial score (nSPS) is 30.6. The number of carbonyl (C=O) groups is 1. The first-order valence-electron chi connectivity index (χ1n) is 14.3. The fraction of sp³-hybridized carbons (Fsp3) is 0.382. The van der Waals surface area contributed by atoms with Crippen LogP contribution in [0.25, 0.3) is 6.08 Å². The SMILES string of the molecule is CN(C(=O)C=Cc1ccccc1)[C@H]1CC[C@@]2(O)[C@H]3Cc4cccc5c4[C@@]2(CCN3CCc2ccccc2)[C@H]1O5. The summed E-state index contributed by atoms with van der Waals surface area (Å²) in [5, 5.41) is 12.7. The number of aliphatic hydroxyl groups is 1. The molecular weight excluding hydrogens is 484 g/mol. The summed E-state index contributed by atoms with van der Waals surface area (Å²) in [5.41, 5.74) is 3.47. The molecule has 1 saturated carbocycles. The summed E-state index contributed by atoms with van der Waals surface area (Å²) in [6, 6.07) is 26.9. The number of hydrogen-bond donors (Lipinski definition) is 1. The van der Waals surface area contributed by atoms with Crippen LogP contribution in [0.15, 0.2) is 84.9 Å². The molecule has 5 nitrogen and oxygen atoms in total. The highest BCUT2D eigenvalue weighted by Crippen LogP contribution is 2.64. The monoisotopic (exact) mass is 520 g/mol. The van der Waals surface area contributed by atoms with Crippen molar-refractivity contribution in [3.05, 3.63) is 107 Å².